The number of aliphatic hydroxyl groups excluding tert-OH is 1. The van der Waals surface area contributed by atoms with E-state index in [-0.39, 0.29) is 18.3 Å². The van der Waals surface area contributed by atoms with Crippen molar-refractivity contribution in [3.63, 3.8) is 0 Å². The molecule has 1 atom stereocenters. The molecule has 3 heterocycles. The first-order valence-electron chi connectivity index (χ1n) is 6.67. The van der Waals surface area contributed by atoms with E-state index in [1.54, 1.807) is 0 Å². The van der Waals surface area contributed by atoms with Crippen LogP contribution in [0.25, 0.3) is 0 Å². The SMILES string of the molecule is N#CC1OC12CCOCC2.OCC1(F)CCOCC1. The molecule has 0 aromatic carbocycles. The predicted molar refractivity (Wildman–Crippen MR) is 64.2 cm³/mol. The van der Waals surface area contributed by atoms with E-state index in [9.17, 15) is 4.39 Å². The third-order valence-electron chi connectivity index (χ3n) is 3.90. The highest BCUT2D eigenvalue weighted by atomic mass is 19.1. The van der Waals surface area contributed by atoms with E-state index in [0.717, 1.165) is 26.1 Å². The topological polar surface area (TPSA) is 75.0 Å². The van der Waals surface area contributed by atoms with Crippen molar-refractivity contribution in [2.75, 3.05) is 33.0 Å². The van der Waals surface area contributed by atoms with Crippen molar-refractivity contribution in [2.45, 2.75) is 43.1 Å². The van der Waals surface area contributed by atoms with Gasteiger partial charge in [0.05, 0.1) is 12.7 Å². The number of rotatable bonds is 1. The highest BCUT2D eigenvalue weighted by Crippen LogP contribution is 2.44. The molecule has 108 valence electrons. The van der Waals surface area contributed by atoms with E-state index in [0.29, 0.717) is 26.1 Å². The molecule has 3 aliphatic rings. The lowest BCUT2D eigenvalue weighted by atomic mass is 9.97. The number of epoxide rings is 1. The molecule has 0 aromatic rings. The van der Waals surface area contributed by atoms with Crippen LogP contribution < -0.4 is 0 Å². The first kappa shape index (κ1) is 14.7. The number of alkyl halides is 1. The lowest BCUT2D eigenvalue weighted by molar-refractivity contribution is -0.0380. The minimum atomic E-state index is -1.35. The average Bonchev–Trinajstić information content (AvgIpc) is 3.13. The minimum absolute atomic E-state index is 0.0903. The van der Waals surface area contributed by atoms with Gasteiger partial charge in [0.25, 0.3) is 0 Å². The van der Waals surface area contributed by atoms with E-state index < -0.39 is 5.67 Å². The van der Waals surface area contributed by atoms with Gasteiger partial charge in [-0.3, -0.25) is 0 Å². The Balaban J connectivity index is 0.000000141. The molecule has 19 heavy (non-hydrogen) atoms. The van der Waals surface area contributed by atoms with Crippen LogP contribution in [0.5, 0.6) is 0 Å². The number of ether oxygens (including phenoxy) is 3. The fourth-order valence-electron chi connectivity index (χ4n) is 2.34. The Morgan fingerprint density at radius 1 is 1.11 bits per heavy atom. The van der Waals surface area contributed by atoms with Gasteiger partial charge < -0.3 is 19.3 Å². The number of aliphatic hydroxyl groups is 1. The number of halogens is 1. The van der Waals surface area contributed by atoms with Crippen molar-refractivity contribution in [3.05, 3.63) is 0 Å². The first-order valence-corrected chi connectivity index (χ1v) is 6.67. The van der Waals surface area contributed by atoms with Crippen molar-refractivity contribution >= 4 is 0 Å². The number of nitrogens with zero attached hydrogens (tertiary/aromatic N) is 1. The molecule has 1 spiro atoms. The molecule has 0 amide bonds. The van der Waals surface area contributed by atoms with Gasteiger partial charge in [0.15, 0.2) is 6.10 Å². The highest BCUT2D eigenvalue weighted by molar-refractivity contribution is 5.14. The zero-order valence-electron chi connectivity index (χ0n) is 10.9. The predicted octanol–water partition coefficient (Wildman–Crippen LogP) is 0.955. The Morgan fingerprint density at radius 3 is 2.00 bits per heavy atom. The second-order valence-electron chi connectivity index (χ2n) is 5.23. The third kappa shape index (κ3) is 3.63. The van der Waals surface area contributed by atoms with Crippen LogP contribution >= 0.6 is 0 Å². The quantitative estimate of drug-likeness (QED) is 0.720. The summed E-state index contributed by atoms with van der Waals surface area (Å²) in [6, 6.07) is 2.12. The van der Waals surface area contributed by atoms with Crippen molar-refractivity contribution in [1.82, 2.24) is 0 Å². The molecule has 3 saturated heterocycles. The van der Waals surface area contributed by atoms with Crippen LogP contribution in [0.15, 0.2) is 0 Å². The molecule has 1 N–H and O–H groups in total. The molecule has 3 aliphatic heterocycles. The lowest BCUT2D eigenvalue weighted by Crippen LogP contribution is -2.35. The van der Waals surface area contributed by atoms with E-state index in [1.807, 2.05) is 0 Å². The Hall–Kier alpha value is -0.740. The first-order chi connectivity index (χ1) is 9.14. The summed E-state index contributed by atoms with van der Waals surface area (Å²) in [5.41, 5.74) is -1.44. The van der Waals surface area contributed by atoms with Gasteiger partial charge in [-0.15, -0.1) is 0 Å². The maximum atomic E-state index is 13.0. The monoisotopic (exact) mass is 273 g/mol. The zero-order chi connectivity index (χ0) is 13.8. The summed E-state index contributed by atoms with van der Waals surface area (Å²) < 4.78 is 28.3. The summed E-state index contributed by atoms with van der Waals surface area (Å²) in [6.07, 6.45) is 2.32. The van der Waals surface area contributed by atoms with Gasteiger partial charge in [-0.1, -0.05) is 0 Å². The maximum Gasteiger partial charge on any atom is 0.173 e. The van der Waals surface area contributed by atoms with E-state index in [1.165, 1.54) is 0 Å². The Labute approximate surface area is 112 Å². The normalized spacial score (nSPS) is 30.9. The van der Waals surface area contributed by atoms with Crippen LogP contribution in [-0.4, -0.2) is 55.5 Å². The lowest BCUT2D eigenvalue weighted by Gasteiger charge is -2.26. The summed E-state index contributed by atoms with van der Waals surface area (Å²) in [4.78, 5) is 0. The molecule has 0 aromatic heterocycles. The van der Waals surface area contributed by atoms with Crippen molar-refractivity contribution < 1.29 is 23.7 Å². The molecule has 6 heteroatoms. The molecule has 3 fully saturated rings. The second kappa shape index (κ2) is 6.14. The summed E-state index contributed by atoms with van der Waals surface area (Å²) in [5, 5.41) is 17.0. The summed E-state index contributed by atoms with van der Waals surface area (Å²) >= 11 is 0. The summed E-state index contributed by atoms with van der Waals surface area (Å²) in [6.45, 7) is 2.01. The number of hydrogen-bond acceptors (Lipinski definition) is 5. The van der Waals surface area contributed by atoms with Crippen molar-refractivity contribution in [3.8, 4) is 6.07 Å². The average molecular weight is 273 g/mol. The number of hydrogen-bond donors (Lipinski definition) is 1. The van der Waals surface area contributed by atoms with Crippen LogP contribution in [0, 0.1) is 11.3 Å². The van der Waals surface area contributed by atoms with Gasteiger partial charge in [-0.25, -0.2) is 4.39 Å². The maximum absolute atomic E-state index is 13.0. The smallest absolute Gasteiger partial charge is 0.173 e. The van der Waals surface area contributed by atoms with E-state index in [4.69, 9.17) is 24.6 Å². The molecule has 3 rings (SSSR count). The fourth-order valence-corrected chi connectivity index (χ4v) is 2.34. The largest absolute Gasteiger partial charge is 0.393 e. The molecular formula is C13H20FNO4. The van der Waals surface area contributed by atoms with Gasteiger partial charge in [0.2, 0.25) is 0 Å². The zero-order valence-corrected chi connectivity index (χ0v) is 10.9. The molecule has 0 radical (unpaired) electrons. The second-order valence-corrected chi connectivity index (χ2v) is 5.23. The molecule has 5 nitrogen and oxygen atoms in total. The molecular weight excluding hydrogens is 253 g/mol. The molecule has 0 aliphatic carbocycles. The van der Waals surface area contributed by atoms with E-state index >= 15 is 0 Å². The van der Waals surface area contributed by atoms with Crippen LogP contribution in [0.2, 0.25) is 0 Å². The minimum Gasteiger partial charge on any atom is -0.393 e. The summed E-state index contributed by atoms with van der Waals surface area (Å²) in [7, 11) is 0. The molecule has 0 saturated carbocycles. The Kier molecular flexibility index (Phi) is 4.74. The highest BCUT2D eigenvalue weighted by Gasteiger charge is 2.57. The van der Waals surface area contributed by atoms with E-state index in [2.05, 4.69) is 6.07 Å². The van der Waals surface area contributed by atoms with Gasteiger partial charge >= 0.3 is 0 Å². The third-order valence-corrected chi connectivity index (χ3v) is 3.90. The van der Waals surface area contributed by atoms with Gasteiger partial charge in [-0.2, -0.15) is 5.26 Å². The van der Waals surface area contributed by atoms with Gasteiger partial charge in [-0.05, 0) is 0 Å². The van der Waals surface area contributed by atoms with Crippen LogP contribution in [-0.2, 0) is 14.2 Å². The van der Waals surface area contributed by atoms with Crippen molar-refractivity contribution in [2.24, 2.45) is 0 Å². The Morgan fingerprint density at radius 2 is 1.63 bits per heavy atom. The number of nitriles is 1. The van der Waals surface area contributed by atoms with Crippen molar-refractivity contribution in [1.29, 1.82) is 5.26 Å². The fraction of sp³-hybridized carbons (Fsp3) is 0.923. The molecule has 0 bridgehead atoms. The molecule has 1 unspecified atom stereocenters. The van der Waals surface area contributed by atoms with Gasteiger partial charge in [0.1, 0.15) is 11.3 Å². The van der Waals surface area contributed by atoms with Crippen LogP contribution in [0.1, 0.15) is 25.7 Å². The van der Waals surface area contributed by atoms with Crippen LogP contribution in [0.3, 0.4) is 0 Å². The van der Waals surface area contributed by atoms with Gasteiger partial charge in [0, 0.05) is 52.1 Å². The standard InChI is InChI=1S/C7H9NO2.C6H11FO2/c8-5-6-7(10-6)1-3-9-4-2-7;7-6(5-8)1-3-9-4-2-6/h6H,1-4H2;8H,1-5H2. The summed E-state index contributed by atoms with van der Waals surface area (Å²) in [5.74, 6) is 0. The van der Waals surface area contributed by atoms with Crippen LogP contribution in [0.4, 0.5) is 4.39 Å². The Bertz CT molecular complexity index is 332.